The van der Waals surface area contributed by atoms with Gasteiger partial charge in [0.1, 0.15) is 0 Å². The maximum atomic E-state index is 12.9. The molecule has 1 amide bonds. The predicted molar refractivity (Wildman–Crippen MR) is 105 cm³/mol. The molecule has 0 radical (unpaired) electrons. The molecule has 1 heterocycles. The Hall–Kier alpha value is -2.88. The fourth-order valence-electron chi connectivity index (χ4n) is 3.45. The zero-order chi connectivity index (χ0) is 18.8. The number of rotatable bonds is 4. The van der Waals surface area contributed by atoms with Gasteiger partial charge in [-0.05, 0) is 57.9 Å². The van der Waals surface area contributed by atoms with E-state index in [1.165, 1.54) is 11.1 Å². The lowest BCUT2D eigenvalue weighted by atomic mass is 10.00. The van der Waals surface area contributed by atoms with Crippen LogP contribution in [0.15, 0.2) is 48.5 Å². The Kier molecular flexibility index (Phi) is 4.94. The monoisotopic (exact) mass is 347 g/mol. The number of nitrogens with one attached hydrogen (secondary N) is 1. The van der Waals surface area contributed by atoms with Crippen molar-refractivity contribution in [3.63, 3.8) is 0 Å². The van der Waals surface area contributed by atoms with Crippen LogP contribution in [-0.2, 0) is 0 Å². The largest absolute Gasteiger partial charge is 0.345 e. The van der Waals surface area contributed by atoms with Gasteiger partial charge in [0, 0.05) is 0 Å². The van der Waals surface area contributed by atoms with Crippen molar-refractivity contribution in [1.29, 1.82) is 0 Å². The summed E-state index contributed by atoms with van der Waals surface area (Å²) < 4.78 is 1.83. The van der Waals surface area contributed by atoms with Gasteiger partial charge in [-0.2, -0.15) is 5.10 Å². The lowest BCUT2D eigenvalue weighted by Gasteiger charge is -2.17. The smallest absolute Gasteiger partial charge is 0.255 e. The molecule has 0 spiro atoms. The second-order valence-electron chi connectivity index (χ2n) is 6.85. The van der Waals surface area contributed by atoms with E-state index in [9.17, 15) is 4.79 Å². The first-order valence-corrected chi connectivity index (χ1v) is 8.88. The Morgan fingerprint density at radius 3 is 2.38 bits per heavy atom. The summed E-state index contributed by atoms with van der Waals surface area (Å²) in [4.78, 5) is 12.9. The van der Waals surface area contributed by atoms with Crippen molar-refractivity contribution in [2.75, 3.05) is 0 Å². The zero-order valence-corrected chi connectivity index (χ0v) is 16.0. The van der Waals surface area contributed by atoms with Crippen molar-refractivity contribution < 1.29 is 4.79 Å². The fraction of sp³-hybridized carbons (Fsp3) is 0.273. The average molecular weight is 347 g/mol. The highest BCUT2D eigenvalue weighted by molar-refractivity contribution is 5.96. The number of benzene rings is 2. The van der Waals surface area contributed by atoms with E-state index < -0.39 is 0 Å². The molecule has 0 aliphatic carbocycles. The van der Waals surface area contributed by atoms with E-state index in [0.29, 0.717) is 5.56 Å². The molecule has 1 N–H and O–H groups in total. The Bertz CT molecular complexity index is 942. The molecule has 2 aromatic carbocycles. The van der Waals surface area contributed by atoms with Crippen LogP contribution in [0.5, 0.6) is 0 Å². The molecule has 4 nitrogen and oxygen atoms in total. The van der Waals surface area contributed by atoms with Crippen molar-refractivity contribution in [1.82, 2.24) is 15.1 Å². The third-order valence-electron chi connectivity index (χ3n) is 4.76. The number of aryl methyl sites for hydroxylation is 3. The van der Waals surface area contributed by atoms with Gasteiger partial charge in [-0.15, -0.1) is 0 Å². The van der Waals surface area contributed by atoms with Crippen LogP contribution in [0.2, 0.25) is 0 Å². The fourth-order valence-corrected chi connectivity index (χ4v) is 3.45. The van der Waals surface area contributed by atoms with Crippen LogP contribution in [-0.4, -0.2) is 15.7 Å². The summed E-state index contributed by atoms with van der Waals surface area (Å²) in [6.45, 7) is 9.98. The first-order valence-electron chi connectivity index (χ1n) is 8.88. The number of nitrogens with zero attached hydrogens (tertiary/aromatic N) is 2. The van der Waals surface area contributed by atoms with Crippen molar-refractivity contribution in [3.05, 3.63) is 82.2 Å². The molecule has 0 saturated carbocycles. The van der Waals surface area contributed by atoms with Gasteiger partial charge in [0.05, 0.1) is 28.7 Å². The van der Waals surface area contributed by atoms with E-state index in [1.807, 2.05) is 55.8 Å². The van der Waals surface area contributed by atoms with Crippen molar-refractivity contribution in [2.45, 2.75) is 40.7 Å². The molecule has 1 atom stereocenters. The summed E-state index contributed by atoms with van der Waals surface area (Å²) in [5, 5.41) is 7.69. The van der Waals surface area contributed by atoms with E-state index in [4.69, 9.17) is 0 Å². The summed E-state index contributed by atoms with van der Waals surface area (Å²) in [5.74, 6) is -0.0883. The predicted octanol–water partition coefficient (Wildman–Crippen LogP) is 4.60. The lowest BCUT2D eigenvalue weighted by molar-refractivity contribution is 0.0938. The lowest BCUT2D eigenvalue weighted by Crippen LogP contribution is -2.28. The van der Waals surface area contributed by atoms with E-state index in [2.05, 4.69) is 42.5 Å². The number of para-hydroxylation sites is 1. The summed E-state index contributed by atoms with van der Waals surface area (Å²) >= 11 is 0. The molecule has 26 heavy (non-hydrogen) atoms. The topological polar surface area (TPSA) is 46.9 Å². The van der Waals surface area contributed by atoms with Crippen LogP contribution in [0.3, 0.4) is 0 Å². The van der Waals surface area contributed by atoms with Crippen molar-refractivity contribution >= 4 is 5.91 Å². The SMILES string of the molecule is Cc1ccc(C(C)NC(=O)c2c(C)nn(-c3ccccc3)c2C)c(C)c1. The summed E-state index contributed by atoms with van der Waals surface area (Å²) in [7, 11) is 0. The summed E-state index contributed by atoms with van der Waals surface area (Å²) in [6.07, 6.45) is 0. The van der Waals surface area contributed by atoms with Crippen LogP contribution >= 0.6 is 0 Å². The molecule has 0 saturated heterocycles. The maximum absolute atomic E-state index is 12.9. The first kappa shape index (κ1) is 17.9. The third kappa shape index (κ3) is 3.40. The van der Waals surface area contributed by atoms with Gasteiger partial charge >= 0.3 is 0 Å². The van der Waals surface area contributed by atoms with Gasteiger partial charge in [0.2, 0.25) is 0 Å². The van der Waals surface area contributed by atoms with Gasteiger partial charge < -0.3 is 5.32 Å². The van der Waals surface area contributed by atoms with Crippen LogP contribution in [0.25, 0.3) is 5.69 Å². The molecule has 1 aromatic heterocycles. The van der Waals surface area contributed by atoms with E-state index in [1.54, 1.807) is 0 Å². The minimum atomic E-state index is -0.0883. The van der Waals surface area contributed by atoms with Gasteiger partial charge in [-0.1, -0.05) is 42.0 Å². The Morgan fingerprint density at radius 2 is 1.73 bits per heavy atom. The van der Waals surface area contributed by atoms with Gasteiger partial charge in [-0.3, -0.25) is 4.79 Å². The second-order valence-corrected chi connectivity index (χ2v) is 6.85. The van der Waals surface area contributed by atoms with Crippen LogP contribution in [0.1, 0.15) is 51.4 Å². The highest BCUT2D eigenvalue weighted by atomic mass is 16.1. The molecule has 1 unspecified atom stereocenters. The van der Waals surface area contributed by atoms with Gasteiger partial charge in [0.15, 0.2) is 0 Å². The molecule has 0 bridgehead atoms. The van der Waals surface area contributed by atoms with Crippen LogP contribution < -0.4 is 5.32 Å². The molecule has 3 aromatic rings. The van der Waals surface area contributed by atoms with Crippen LogP contribution in [0, 0.1) is 27.7 Å². The normalized spacial score (nSPS) is 12.0. The van der Waals surface area contributed by atoms with Gasteiger partial charge in [0.25, 0.3) is 5.91 Å². The van der Waals surface area contributed by atoms with E-state index >= 15 is 0 Å². The van der Waals surface area contributed by atoms with Crippen LogP contribution in [0.4, 0.5) is 0 Å². The average Bonchev–Trinajstić information content (AvgIpc) is 2.90. The van der Waals surface area contributed by atoms with Gasteiger partial charge in [-0.25, -0.2) is 4.68 Å². The summed E-state index contributed by atoms with van der Waals surface area (Å²) in [5.41, 5.74) is 6.72. The zero-order valence-electron chi connectivity index (χ0n) is 16.0. The maximum Gasteiger partial charge on any atom is 0.255 e. The summed E-state index contributed by atoms with van der Waals surface area (Å²) in [6, 6.07) is 16.1. The molecule has 134 valence electrons. The van der Waals surface area contributed by atoms with E-state index in [-0.39, 0.29) is 11.9 Å². The Morgan fingerprint density at radius 1 is 1.04 bits per heavy atom. The van der Waals surface area contributed by atoms with Crippen molar-refractivity contribution in [2.24, 2.45) is 0 Å². The molecule has 0 aliphatic heterocycles. The molecule has 0 aliphatic rings. The first-order chi connectivity index (χ1) is 12.4. The molecule has 4 heteroatoms. The van der Waals surface area contributed by atoms with Crippen molar-refractivity contribution in [3.8, 4) is 5.69 Å². The number of hydrogen-bond donors (Lipinski definition) is 1. The number of hydrogen-bond acceptors (Lipinski definition) is 2. The number of carbonyl (C=O) groups is 1. The second kappa shape index (κ2) is 7.16. The Balaban J connectivity index is 1.87. The Labute approximate surface area is 154 Å². The molecular weight excluding hydrogens is 322 g/mol. The molecule has 3 rings (SSSR count). The number of carbonyl (C=O) groups excluding carboxylic acids is 1. The molecular formula is C22H25N3O. The molecule has 0 fully saturated rings. The minimum absolute atomic E-state index is 0.0676. The van der Waals surface area contributed by atoms with E-state index in [0.717, 1.165) is 22.6 Å². The minimum Gasteiger partial charge on any atom is -0.345 e. The highest BCUT2D eigenvalue weighted by Crippen LogP contribution is 2.22. The number of aromatic nitrogens is 2. The third-order valence-corrected chi connectivity index (χ3v) is 4.76. The standard InChI is InChI=1S/C22H25N3O/c1-14-11-12-20(15(2)13-14)16(3)23-22(26)21-17(4)24-25(18(21)5)19-9-7-6-8-10-19/h6-13,16H,1-5H3,(H,23,26). The quantitative estimate of drug-likeness (QED) is 0.750. The highest BCUT2D eigenvalue weighted by Gasteiger charge is 2.21. The number of amides is 1.